The van der Waals surface area contributed by atoms with Crippen molar-refractivity contribution in [2.75, 3.05) is 13.7 Å². The number of carbonyl (C=O) groups excluding carboxylic acids is 2. The second-order valence-electron chi connectivity index (χ2n) is 3.14. The first-order valence-corrected chi connectivity index (χ1v) is 4.81. The third kappa shape index (κ3) is 4.42. The number of ether oxygens (including phenoxy) is 1. The maximum atomic E-state index is 11.5. The Bertz CT molecular complexity index is 370. The molecule has 17 heavy (non-hydrogen) atoms. The van der Waals surface area contributed by atoms with Gasteiger partial charge in [0, 0.05) is 0 Å². The van der Waals surface area contributed by atoms with Gasteiger partial charge in [0.05, 0.1) is 13.7 Å². The molecular formula is C11H15ClN2O3. The molecule has 0 aliphatic rings. The Kier molecular flexibility index (Phi) is 6.93. The Morgan fingerprint density at radius 2 is 1.94 bits per heavy atom. The van der Waals surface area contributed by atoms with E-state index in [4.69, 9.17) is 5.73 Å². The van der Waals surface area contributed by atoms with Crippen LogP contribution < -0.4 is 11.1 Å². The van der Waals surface area contributed by atoms with Gasteiger partial charge in [0.1, 0.15) is 0 Å². The topological polar surface area (TPSA) is 81.4 Å². The van der Waals surface area contributed by atoms with Gasteiger partial charge in [-0.15, -0.1) is 12.4 Å². The van der Waals surface area contributed by atoms with Crippen LogP contribution in [0.1, 0.15) is 11.6 Å². The molecule has 5 nitrogen and oxygen atoms in total. The zero-order valence-corrected chi connectivity index (χ0v) is 10.2. The van der Waals surface area contributed by atoms with Crippen molar-refractivity contribution in [3.63, 3.8) is 0 Å². The summed E-state index contributed by atoms with van der Waals surface area (Å²) in [5.74, 6) is -0.924. The minimum Gasteiger partial charge on any atom is -0.467 e. The number of nitrogens with two attached hydrogens (primary N) is 1. The highest BCUT2D eigenvalue weighted by Crippen LogP contribution is 2.13. The van der Waals surface area contributed by atoms with Crippen LogP contribution in [0.25, 0.3) is 0 Å². The van der Waals surface area contributed by atoms with Gasteiger partial charge in [-0.2, -0.15) is 0 Å². The van der Waals surface area contributed by atoms with Crippen molar-refractivity contribution >= 4 is 24.3 Å². The molecule has 0 spiro atoms. The number of nitrogens with one attached hydrogen (secondary N) is 1. The lowest BCUT2D eigenvalue weighted by atomic mass is 10.1. The summed E-state index contributed by atoms with van der Waals surface area (Å²) in [6.07, 6.45) is 0. The normalized spacial score (nSPS) is 10.9. The van der Waals surface area contributed by atoms with Gasteiger partial charge in [0.2, 0.25) is 5.91 Å². The van der Waals surface area contributed by atoms with Gasteiger partial charge in [0.25, 0.3) is 0 Å². The summed E-state index contributed by atoms with van der Waals surface area (Å²) in [6.45, 7) is -0.166. The van der Waals surface area contributed by atoms with Gasteiger partial charge in [-0.1, -0.05) is 30.3 Å². The van der Waals surface area contributed by atoms with E-state index in [1.807, 2.05) is 6.07 Å². The van der Waals surface area contributed by atoms with E-state index in [-0.39, 0.29) is 19.0 Å². The fourth-order valence-corrected chi connectivity index (χ4v) is 1.26. The molecule has 94 valence electrons. The lowest BCUT2D eigenvalue weighted by Gasteiger charge is -2.16. The second kappa shape index (κ2) is 7.65. The number of methoxy groups -OCH3 is 1. The third-order valence-electron chi connectivity index (χ3n) is 2.06. The molecule has 0 heterocycles. The van der Waals surface area contributed by atoms with E-state index in [9.17, 15) is 9.59 Å². The van der Waals surface area contributed by atoms with E-state index in [0.29, 0.717) is 5.56 Å². The Hall–Kier alpha value is -1.59. The Morgan fingerprint density at radius 1 is 1.35 bits per heavy atom. The fraction of sp³-hybridized carbons (Fsp3) is 0.273. The van der Waals surface area contributed by atoms with E-state index in [1.165, 1.54) is 7.11 Å². The highest BCUT2D eigenvalue weighted by atomic mass is 35.5. The molecule has 0 saturated heterocycles. The SMILES string of the molecule is COC(=O)C(NC(=O)CN)c1ccccc1.Cl. The summed E-state index contributed by atoms with van der Waals surface area (Å²) in [4.78, 5) is 22.7. The number of esters is 1. The molecule has 1 aromatic carbocycles. The van der Waals surface area contributed by atoms with Crippen molar-refractivity contribution in [3.05, 3.63) is 35.9 Å². The fourth-order valence-electron chi connectivity index (χ4n) is 1.26. The van der Waals surface area contributed by atoms with Crippen molar-refractivity contribution in [2.24, 2.45) is 5.73 Å². The molecule has 0 aliphatic carbocycles. The van der Waals surface area contributed by atoms with Gasteiger partial charge in [0.15, 0.2) is 6.04 Å². The monoisotopic (exact) mass is 258 g/mol. The van der Waals surface area contributed by atoms with E-state index in [2.05, 4.69) is 10.1 Å². The lowest BCUT2D eigenvalue weighted by molar-refractivity contribution is -0.145. The van der Waals surface area contributed by atoms with Crippen molar-refractivity contribution in [1.82, 2.24) is 5.32 Å². The molecule has 1 unspecified atom stereocenters. The molecule has 3 N–H and O–H groups in total. The minimum atomic E-state index is -0.803. The summed E-state index contributed by atoms with van der Waals surface area (Å²) in [6, 6.07) is 8.04. The lowest BCUT2D eigenvalue weighted by Crippen LogP contribution is -2.38. The van der Waals surface area contributed by atoms with Gasteiger partial charge in [-0.05, 0) is 5.56 Å². The number of hydrogen-bond acceptors (Lipinski definition) is 4. The van der Waals surface area contributed by atoms with E-state index >= 15 is 0 Å². The predicted octanol–water partition coefficient (Wildman–Crippen LogP) is 0.397. The largest absolute Gasteiger partial charge is 0.467 e. The maximum absolute atomic E-state index is 11.5. The first-order valence-electron chi connectivity index (χ1n) is 4.81. The molecular weight excluding hydrogens is 244 g/mol. The zero-order chi connectivity index (χ0) is 12.0. The molecule has 1 aromatic rings. The van der Waals surface area contributed by atoms with E-state index in [0.717, 1.165) is 0 Å². The first-order chi connectivity index (χ1) is 7.69. The predicted molar refractivity (Wildman–Crippen MR) is 65.6 cm³/mol. The van der Waals surface area contributed by atoms with Gasteiger partial charge < -0.3 is 15.8 Å². The van der Waals surface area contributed by atoms with Crippen LogP contribution in [0.4, 0.5) is 0 Å². The summed E-state index contributed by atoms with van der Waals surface area (Å²) in [5, 5.41) is 2.50. The third-order valence-corrected chi connectivity index (χ3v) is 2.06. The highest BCUT2D eigenvalue weighted by molar-refractivity contribution is 5.86. The van der Waals surface area contributed by atoms with Gasteiger partial charge in [-0.3, -0.25) is 4.79 Å². The number of carbonyl (C=O) groups is 2. The van der Waals surface area contributed by atoms with E-state index in [1.54, 1.807) is 24.3 Å². The Labute approximate surface area is 106 Å². The first kappa shape index (κ1) is 15.4. The van der Waals surface area contributed by atoms with Crippen LogP contribution in [0, 0.1) is 0 Å². The van der Waals surface area contributed by atoms with Crippen molar-refractivity contribution < 1.29 is 14.3 Å². The van der Waals surface area contributed by atoms with Crippen LogP contribution >= 0.6 is 12.4 Å². The molecule has 0 radical (unpaired) electrons. The number of benzene rings is 1. The second-order valence-corrected chi connectivity index (χ2v) is 3.14. The molecule has 0 bridgehead atoms. The minimum absolute atomic E-state index is 0. The molecule has 1 rings (SSSR count). The van der Waals surface area contributed by atoms with Crippen molar-refractivity contribution in [2.45, 2.75) is 6.04 Å². The molecule has 0 aromatic heterocycles. The van der Waals surface area contributed by atoms with Crippen LogP contribution in [0.15, 0.2) is 30.3 Å². The van der Waals surface area contributed by atoms with E-state index < -0.39 is 17.9 Å². The Morgan fingerprint density at radius 3 is 2.41 bits per heavy atom. The maximum Gasteiger partial charge on any atom is 0.333 e. The van der Waals surface area contributed by atoms with Crippen molar-refractivity contribution in [1.29, 1.82) is 0 Å². The summed E-state index contributed by atoms with van der Waals surface area (Å²) in [5.41, 5.74) is 5.84. The molecule has 1 atom stereocenters. The summed E-state index contributed by atoms with van der Waals surface area (Å²) >= 11 is 0. The summed E-state index contributed by atoms with van der Waals surface area (Å²) < 4.78 is 4.62. The zero-order valence-electron chi connectivity index (χ0n) is 9.38. The molecule has 0 aliphatic heterocycles. The number of hydrogen-bond donors (Lipinski definition) is 2. The standard InChI is InChI=1S/C11H14N2O3.ClH/c1-16-11(15)10(13-9(14)7-12)8-5-3-2-4-6-8;/h2-6,10H,7,12H2,1H3,(H,13,14);1H. The molecule has 0 fully saturated rings. The number of halogens is 1. The van der Waals surface area contributed by atoms with Crippen LogP contribution in [0.5, 0.6) is 0 Å². The molecule has 6 heteroatoms. The Balaban J connectivity index is 0.00000256. The van der Waals surface area contributed by atoms with Gasteiger partial charge in [-0.25, -0.2) is 4.79 Å². The van der Waals surface area contributed by atoms with Crippen LogP contribution in [-0.4, -0.2) is 25.5 Å². The van der Waals surface area contributed by atoms with Crippen molar-refractivity contribution in [3.8, 4) is 0 Å². The quantitative estimate of drug-likeness (QED) is 0.766. The number of amides is 1. The van der Waals surface area contributed by atoms with Gasteiger partial charge >= 0.3 is 5.97 Å². The smallest absolute Gasteiger partial charge is 0.333 e. The molecule has 1 amide bonds. The van der Waals surface area contributed by atoms with Crippen LogP contribution in [0.3, 0.4) is 0 Å². The number of rotatable bonds is 4. The average molecular weight is 259 g/mol. The summed E-state index contributed by atoms with van der Waals surface area (Å²) in [7, 11) is 1.27. The molecule has 0 saturated carbocycles. The average Bonchev–Trinajstić information content (AvgIpc) is 2.35. The highest BCUT2D eigenvalue weighted by Gasteiger charge is 2.22. The van der Waals surface area contributed by atoms with Crippen LogP contribution in [0.2, 0.25) is 0 Å². The van der Waals surface area contributed by atoms with Crippen LogP contribution in [-0.2, 0) is 14.3 Å².